The standard InChI is InChI=1S/C13H11ClF4N4O2/c14-8-6-7(15)3-4-9(8)24-5-1-2-10(23)19-12-20-11(21-22-12)13(16,17)18/h3-4,6H,1-2,5H2,(H2,19,20,21,22,23). The summed E-state index contributed by atoms with van der Waals surface area (Å²) >= 11 is 5.76. The molecule has 1 amide bonds. The first kappa shape index (κ1) is 18.0. The van der Waals surface area contributed by atoms with Crippen LogP contribution in [0.1, 0.15) is 18.7 Å². The second-order valence-corrected chi connectivity index (χ2v) is 5.00. The lowest BCUT2D eigenvalue weighted by atomic mass is 10.3. The number of anilines is 1. The highest BCUT2D eigenvalue weighted by Crippen LogP contribution is 2.26. The number of amides is 1. The highest BCUT2D eigenvalue weighted by Gasteiger charge is 2.35. The fourth-order valence-corrected chi connectivity index (χ4v) is 1.87. The monoisotopic (exact) mass is 366 g/mol. The van der Waals surface area contributed by atoms with Gasteiger partial charge in [-0.05, 0) is 24.6 Å². The lowest BCUT2D eigenvalue weighted by molar-refractivity contribution is -0.144. The minimum absolute atomic E-state index is 0.0269. The van der Waals surface area contributed by atoms with Gasteiger partial charge >= 0.3 is 6.18 Å². The summed E-state index contributed by atoms with van der Waals surface area (Å²) in [5, 5.41) is 8.31. The quantitative estimate of drug-likeness (QED) is 0.606. The molecule has 1 aromatic carbocycles. The van der Waals surface area contributed by atoms with Gasteiger partial charge in [0.2, 0.25) is 17.7 Å². The van der Waals surface area contributed by atoms with Gasteiger partial charge in [0.25, 0.3) is 0 Å². The van der Waals surface area contributed by atoms with Crippen LogP contribution in [0.3, 0.4) is 0 Å². The largest absolute Gasteiger partial charge is 0.492 e. The van der Waals surface area contributed by atoms with Crippen LogP contribution in [0.25, 0.3) is 0 Å². The van der Waals surface area contributed by atoms with Crippen molar-refractivity contribution in [2.75, 3.05) is 11.9 Å². The van der Waals surface area contributed by atoms with E-state index in [1.54, 1.807) is 0 Å². The molecule has 0 spiro atoms. The maximum atomic E-state index is 12.8. The van der Waals surface area contributed by atoms with E-state index in [0.29, 0.717) is 0 Å². The number of carbonyl (C=O) groups is 1. The molecule has 2 rings (SSSR count). The average molecular weight is 367 g/mol. The molecule has 2 N–H and O–H groups in total. The lowest BCUT2D eigenvalue weighted by Crippen LogP contribution is -2.14. The summed E-state index contributed by atoms with van der Waals surface area (Å²) in [5.74, 6) is -2.49. The van der Waals surface area contributed by atoms with Crippen LogP contribution in [0.15, 0.2) is 18.2 Å². The van der Waals surface area contributed by atoms with Crippen LogP contribution < -0.4 is 10.1 Å². The average Bonchev–Trinajstić information content (AvgIpc) is 2.94. The van der Waals surface area contributed by atoms with Gasteiger partial charge in [-0.1, -0.05) is 11.6 Å². The van der Waals surface area contributed by atoms with Crippen LogP contribution >= 0.6 is 11.6 Å². The van der Waals surface area contributed by atoms with Gasteiger partial charge in [0.15, 0.2) is 0 Å². The normalized spacial score (nSPS) is 11.4. The Labute approximate surface area is 138 Å². The maximum Gasteiger partial charge on any atom is 0.451 e. The van der Waals surface area contributed by atoms with Crippen LogP contribution in [0, 0.1) is 5.82 Å². The molecule has 0 saturated carbocycles. The van der Waals surface area contributed by atoms with Crippen molar-refractivity contribution in [3.05, 3.63) is 34.9 Å². The Hall–Kier alpha value is -2.36. The van der Waals surface area contributed by atoms with E-state index in [4.69, 9.17) is 16.3 Å². The van der Waals surface area contributed by atoms with Crippen molar-refractivity contribution in [3.63, 3.8) is 0 Å². The summed E-state index contributed by atoms with van der Waals surface area (Å²) in [6.07, 6.45) is -4.43. The number of carbonyl (C=O) groups excluding carboxylic acids is 1. The number of nitrogens with one attached hydrogen (secondary N) is 2. The zero-order valence-corrected chi connectivity index (χ0v) is 12.7. The van der Waals surface area contributed by atoms with E-state index in [9.17, 15) is 22.4 Å². The molecular formula is C13H11ClF4N4O2. The van der Waals surface area contributed by atoms with E-state index in [1.165, 1.54) is 12.1 Å². The minimum Gasteiger partial charge on any atom is -0.492 e. The maximum absolute atomic E-state index is 12.8. The van der Waals surface area contributed by atoms with E-state index < -0.39 is 29.7 Å². The van der Waals surface area contributed by atoms with E-state index in [0.717, 1.165) is 6.07 Å². The number of nitrogens with zero attached hydrogens (tertiary/aromatic N) is 2. The number of benzene rings is 1. The van der Waals surface area contributed by atoms with E-state index in [1.807, 2.05) is 4.98 Å². The highest BCUT2D eigenvalue weighted by molar-refractivity contribution is 6.32. The second-order valence-electron chi connectivity index (χ2n) is 4.59. The van der Waals surface area contributed by atoms with Crippen molar-refractivity contribution >= 4 is 23.5 Å². The van der Waals surface area contributed by atoms with Crippen LogP contribution in [0.4, 0.5) is 23.5 Å². The predicted molar refractivity (Wildman–Crippen MR) is 76.2 cm³/mol. The third kappa shape index (κ3) is 5.08. The molecule has 0 saturated heterocycles. The lowest BCUT2D eigenvalue weighted by Gasteiger charge is -2.07. The summed E-state index contributed by atoms with van der Waals surface area (Å²) in [7, 11) is 0. The van der Waals surface area contributed by atoms with Crippen molar-refractivity contribution in [2.45, 2.75) is 19.0 Å². The Kier molecular flexibility index (Phi) is 5.60. The van der Waals surface area contributed by atoms with E-state index in [2.05, 4.69) is 15.5 Å². The van der Waals surface area contributed by atoms with Crippen molar-refractivity contribution in [3.8, 4) is 5.75 Å². The second kappa shape index (κ2) is 7.47. The molecule has 6 nitrogen and oxygen atoms in total. The molecule has 1 heterocycles. The van der Waals surface area contributed by atoms with Gasteiger partial charge in [-0.25, -0.2) is 4.39 Å². The first-order valence-corrected chi connectivity index (χ1v) is 7.01. The summed E-state index contributed by atoms with van der Waals surface area (Å²) < 4.78 is 55.1. The molecule has 0 radical (unpaired) electrons. The first-order chi connectivity index (χ1) is 11.3. The molecule has 1 aromatic heterocycles. The highest BCUT2D eigenvalue weighted by atomic mass is 35.5. The molecule has 0 aliphatic carbocycles. The molecule has 0 fully saturated rings. The molecule has 0 aliphatic heterocycles. The van der Waals surface area contributed by atoms with Gasteiger partial charge in [0.05, 0.1) is 11.6 Å². The Bertz CT molecular complexity index is 720. The predicted octanol–water partition coefficient (Wildman–Crippen LogP) is 3.41. The van der Waals surface area contributed by atoms with Gasteiger partial charge in [0, 0.05) is 6.42 Å². The van der Waals surface area contributed by atoms with E-state index >= 15 is 0 Å². The molecule has 0 unspecified atom stereocenters. The van der Waals surface area contributed by atoms with Crippen LogP contribution in [0.2, 0.25) is 5.02 Å². The first-order valence-electron chi connectivity index (χ1n) is 6.63. The van der Waals surface area contributed by atoms with Crippen molar-refractivity contribution in [1.29, 1.82) is 0 Å². The number of halogens is 5. The number of aromatic nitrogens is 3. The van der Waals surface area contributed by atoms with Crippen molar-refractivity contribution in [2.24, 2.45) is 0 Å². The number of H-pyrrole nitrogens is 1. The summed E-state index contributed by atoms with van der Waals surface area (Å²) in [5.41, 5.74) is 0. The molecule has 11 heteroatoms. The SMILES string of the molecule is O=C(CCCOc1ccc(F)cc1Cl)Nc1nnc(C(F)(F)F)[nH]1. The molecular weight excluding hydrogens is 356 g/mol. The number of rotatable bonds is 6. The number of hydrogen-bond donors (Lipinski definition) is 2. The Morgan fingerprint density at radius 2 is 2.08 bits per heavy atom. The van der Waals surface area contributed by atoms with Gasteiger partial charge in [0.1, 0.15) is 11.6 Å². The van der Waals surface area contributed by atoms with Crippen molar-refractivity contribution in [1.82, 2.24) is 15.2 Å². The number of aromatic amines is 1. The van der Waals surface area contributed by atoms with Crippen molar-refractivity contribution < 1.29 is 27.1 Å². The van der Waals surface area contributed by atoms with Crippen LogP contribution in [-0.4, -0.2) is 27.7 Å². The zero-order chi connectivity index (χ0) is 17.7. The topological polar surface area (TPSA) is 79.9 Å². The number of hydrogen-bond acceptors (Lipinski definition) is 4. The molecule has 0 atom stereocenters. The smallest absolute Gasteiger partial charge is 0.451 e. The summed E-state index contributed by atoms with van der Waals surface area (Å²) in [4.78, 5) is 13.4. The van der Waals surface area contributed by atoms with Crippen LogP contribution in [0.5, 0.6) is 5.75 Å². The van der Waals surface area contributed by atoms with E-state index in [-0.39, 0.29) is 30.2 Å². The van der Waals surface area contributed by atoms with Gasteiger partial charge in [-0.15, -0.1) is 10.2 Å². The third-order valence-corrected chi connectivity index (χ3v) is 3.01. The summed E-state index contributed by atoms with van der Waals surface area (Å²) in [6.45, 7) is 0.114. The number of ether oxygens (including phenoxy) is 1. The Morgan fingerprint density at radius 3 is 2.71 bits per heavy atom. The molecule has 0 aliphatic rings. The minimum atomic E-state index is -4.67. The third-order valence-electron chi connectivity index (χ3n) is 2.71. The molecule has 130 valence electrons. The summed E-state index contributed by atoms with van der Waals surface area (Å²) in [6, 6.07) is 3.62. The molecule has 0 bridgehead atoms. The van der Waals surface area contributed by atoms with Gasteiger partial charge in [-0.2, -0.15) is 13.2 Å². The van der Waals surface area contributed by atoms with Crippen LogP contribution in [-0.2, 0) is 11.0 Å². The Morgan fingerprint density at radius 1 is 1.33 bits per heavy atom. The molecule has 2 aromatic rings. The zero-order valence-electron chi connectivity index (χ0n) is 12.0. The fraction of sp³-hybridized carbons (Fsp3) is 0.308. The van der Waals surface area contributed by atoms with Gasteiger partial charge < -0.3 is 9.72 Å². The fourth-order valence-electron chi connectivity index (χ4n) is 1.65. The molecule has 24 heavy (non-hydrogen) atoms. The van der Waals surface area contributed by atoms with Gasteiger partial charge in [-0.3, -0.25) is 10.1 Å². The number of alkyl halides is 3. The Balaban J connectivity index is 1.74.